The summed E-state index contributed by atoms with van der Waals surface area (Å²) < 4.78 is 20.3. The highest BCUT2D eigenvalue weighted by Gasteiger charge is 2.27. The standard InChI is InChI=1S/C17H20N2O5.C10H14INO2/c1-6-24-17(20)14-10(2)15(18(4)11(14)3)12-8-7-9-13(19(21)22)16(12)23-5;1-5-14-10(13)8-6(2)9(11)12(4)7(8)3/h7-9H,6H2,1-5H3;5H2,1-4H3. The summed E-state index contributed by atoms with van der Waals surface area (Å²) >= 11 is 2.23. The number of ether oxygens (including phenoxy) is 3. The van der Waals surface area contributed by atoms with Gasteiger partial charge in [-0.2, -0.15) is 0 Å². The van der Waals surface area contributed by atoms with Crippen LogP contribution in [0.4, 0.5) is 5.69 Å². The molecule has 0 amide bonds. The van der Waals surface area contributed by atoms with Crippen LogP contribution in [-0.2, 0) is 23.6 Å². The van der Waals surface area contributed by atoms with Crippen molar-refractivity contribution in [3.63, 3.8) is 0 Å². The molecule has 38 heavy (non-hydrogen) atoms. The summed E-state index contributed by atoms with van der Waals surface area (Å²) in [6, 6.07) is 4.73. The molecule has 0 aliphatic heterocycles. The van der Waals surface area contributed by atoms with Crippen molar-refractivity contribution in [3.8, 4) is 17.0 Å². The molecule has 0 aliphatic carbocycles. The summed E-state index contributed by atoms with van der Waals surface area (Å²) in [5.41, 5.74) is 5.71. The number of esters is 2. The Morgan fingerprint density at radius 3 is 1.84 bits per heavy atom. The van der Waals surface area contributed by atoms with E-state index in [4.69, 9.17) is 14.2 Å². The zero-order chi connectivity index (χ0) is 28.9. The van der Waals surface area contributed by atoms with Crippen molar-refractivity contribution in [2.24, 2.45) is 14.1 Å². The Morgan fingerprint density at radius 2 is 1.42 bits per heavy atom. The molecule has 0 aliphatic rings. The minimum Gasteiger partial charge on any atom is -0.490 e. The van der Waals surface area contributed by atoms with Crippen LogP contribution in [-0.4, -0.2) is 46.3 Å². The molecule has 0 saturated heterocycles. The molecule has 0 spiro atoms. The van der Waals surface area contributed by atoms with E-state index in [0.717, 1.165) is 20.7 Å². The second-order valence-electron chi connectivity index (χ2n) is 8.48. The van der Waals surface area contributed by atoms with Crippen LogP contribution < -0.4 is 4.74 Å². The van der Waals surface area contributed by atoms with Gasteiger partial charge in [-0.25, -0.2) is 9.59 Å². The maximum atomic E-state index is 12.2. The first-order valence-electron chi connectivity index (χ1n) is 12.0. The molecule has 11 heteroatoms. The maximum Gasteiger partial charge on any atom is 0.340 e. The second kappa shape index (κ2) is 12.9. The molecular formula is C27H34IN3O7. The third kappa shape index (κ3) is 5.87. The fraction of sp³-hybridized carbons (Fsp3) is 0.407. The number of hydrogen-bond acceptors (Lipinski definition) is 7. The minimum atomic E-state index is -0.486. The van der Waals surface area contributed by atoms with Crippen LogP contribution in [0.2, 0.25) is 0 Å². The van der Waals surface area contributed by atoms with E-state index >= 15 is 0 Å². The average Bonchev–Trinajstić information content (AvgIpc) is 3.21. The summed E-state index contributed by atoms with van der Waals surface area (Å²) in [7, 11) is 5.15. The summed E-state index contributed by atoms with van der Waals surface area (Å²) in [4.78, 5) is 34.6. The number of nitro benzene ring substituents is 1. The Morgan fingerprint density at radius 1 is 0.921 bits per heavy atom. The molecule has 2 heterocycles. The SMILES string of the molecule is CCOC(=O)c1c(C)c(-c2cccc([N+](=O)[O-])c2OC)n(C)c1C.CCOC(=O)c1c(C)c(I)n(C)c1C. The molecule has 0 N–H and O–H groups in total. The van der Waals surface area contributed by atoms with Gasteiger partial charge in [-0.1, -0.05) is 6.07 Å². The maximum absolute atomic E-state index is 12.2. The summed E-state index contributed by atoms with van der Waals surface area (Å²) in [5, 5.41) is 11.2. The number of carbonyl (C=O) groups is 2. The molecule has 0 radical (unpaired) electrons. The largest absolute Gasteiger partial charge is 0.490 e. The van der Waals surface area contributed by atoms with Gasteiger partial charge in [0.15, 0.2) is 0 Å². The van der Waals surface area contributed by atoms with E-state index in [1.807, 2.05) is 43.9 Å². The molecule has 0 fully saturated rings. The molecule has 10 nitrogen and oxygen atoms in total. The number of nitrogens with zero attached hydrogens (tertiary/aromatic N) is 3. The molecule has 1 aromatic carbocycles. The second-order valence-corrected chi connectivity index (χ2v) is 9.51. The monoisotopic (exact) mass is 639 g/mol. The number of carbonyl (C=O) groups excluding carboxylic acids is 2. The Balaban J connectivity index is 0.000000308. The number of aromatic nitrogens is 2. The molecule has 0 atom stereocenters. The number of methoxy groups -OCH3 is 1. The van der Waals surface area contributed by atoms with Crippen molar-refractivity contribution in [1.82, 2.24) is 9.13 Å². The van der Waals surface area contributed by atoms with E-state index in [0.29, 0.717) is 34.6 Å². The number of halogens is 1. The van der Waals surface area contributed by atoms with Crippen LogP contribution in [0.25, 0.3) is 11.3 Å². The Bertz CT molecular complexity index is 1350. The fourth-order valence-electron chi connectivity index (χ4n) is 4.38. The Hall–Kier alpha value is -3.35. The van der Waals surface area contributed by atoms with Gasteiger partial charge in [0, 0.05) is 37.1 Å². The van der Waals surface area contributed by atoms with E-state index in [2.05, 4.69) is 22.6 Å². The van der Waals surface area contributed by atoms with Gasteiger partial charge in [-0.05, 0) is 81.3 Å². The molecule has 3 rings (SSSR count). The number of hydrogen-bond donors (Lipinski definition) is 0. The summed E-state index contributed by atoms with van der Waals surface area (Å²) in [5.74, 6) is -0.457. The number of para-hydroxylation sites is 1. The molecule has 0 unspecified atom stereocenters. The zero-order valence-electron chi connectivity index (χ0n) is 23.2. The fourth-order valence-corrected chi connectivity index (χ4v) is 5.01. The van der Waals surface area contributed by atoms with E-state index in [1.165, 1.54) is 13.2 Å². The third-order valence-corrected chi connectivity index (χ3v) is 7.92. The lowest BCUT2D eigenvalue weighted by Crippen LogP contribution is -2.07. The Kier molecular flexibility index (Phi) is 10.5. The summed E-state index contributed by atoms with van der Waals surface area (Å²) in [6.45, 7) is 11.7. The quantitative estimate of drug-likeness (QED) is 0.138. The van der Waals surface area contributed by atoms with Crippen LogP contribution in [0.3, 0.4) is 0 Å². The normalized spacial score (nSPS) is 10.5. The highest BCUT2D eigenvalue weighted by Crippen LogP contribution is 2.41. The predicted octanol–water partition coefficient (Wildman–Crippen LogP) is 5.83. The molecule has 3 aromatic rings. The first kappa shape index (κ1) is 30.9. The minimum absolute atomic E-state index is 0.120. The van der Waals surface area contributed by atoms with Gasteiger partial charge >= 0.3 is 17.6 Å². The van der Waals surface area contributed by atoms with Crippen molar-refractivity contribution < 1.29 is 28.7 Å². The van der Waals surface area contributed by atoms with Crippen molar-refractivity contribution in [3.05, 3.63) is 65.7 Å². The topological polar surface area (TPSA) is 115 Å². The lowest BCUT2D eigenvalue weighted by atomic mass is 10.0. The van der Waals surface area contributed by atoms with E-state index in [1.54, 1.807) is 33.0 Å². The van der Waals surface area contributed by atoms with Gasteiger partial charge in [-0.15, -0.1) is 0 Å². The number of nitro groups is 1. The van der Waals surface area contributed by atoms with Gasteiger partial charge in [0.2, 0.25) is 5.75 Å². The van der Waals surface area contributed by atoms with Gasteiger partial charge in [0.25, 0.3) is 0 Å². The molecule has 206 valence electrons. The summed E-state index contributed by atoms with van der Waals surface area (Å²) in [6.07, 6.45) is 0. The van der Waals surface area contributed by atoms with Crippen LogP contribution >= 0.6 is 22.6 Å². The van der Waals surface area contributed by atoms with Gasteiger partial charge in [0.05, 0.1) is 45.8 Å². The van der Waals surface area contributed by atoms with Gasteiger partial charge < -0.3 is 23.3 Å². The Labute approximate surface area is 236 Å². The highest BCUT2D eigenvalue weighted by molar-refractivity contribution is 14.1. The first-order chi connectivity index (χ1) is 17.8. The van der Waals surface area contributed by atoms with E-state index in [9.17, 15) is 19.7 Å². The number of benzene rings is 1. The average molecular weight is 639 g/mol. The van der Waals surface area contributed by atoms with Crippen LogP contribution in [0.15, 0.2) is 18.2 Å². The van der Waals surface area contributed by atoms with Crippen LogP contribution in [0, 0.1) is 41.5 Å². The molecule has 0 saturated carbocycles. The van der Waals surface area contributed by atoms with Crippen LogP contribution in [0.5, 0.6) is 5.75 Å². The van der Waals surface area contributed by atoms with Crippen molar-refractivity contribution in [1.29, 1.82) is 0 Å². The number of rotatable bonds is 7. The lowest BCUT2D eigenvalue weighted by molar-refractivity contribution is -0.385. The van der Waals surface area contributed by atoms with E-state index in [-0.39, 0.29) is 24.0 Å². The van der Waals surface area contributed by atoms with Gasteiger partial charge in [-0.3, -0.25) is 10.1 Å². The molecule has 2 aromatic heterocycles. The van der Waals surface area contributed by atoms with Gasteiger partial charge in [0.1, 0.15) is 0 Å². The predicted molar refractivity (Wildman–Crippen MR) is 153 cm³/mol. The third-order valence-electron chi connectivity index (χ3n) is 6.38. The van der Waals surface area contributed by atoms with E-state index < -0.39 is 10.9 Å². The molecule has 0 bridgehead atoms. The smallest absolute Gasteiger partial charge is 0.340 e. The lowest BCUT2D eigenvalue weighted by Gasteiger charge is -2.11. The zero-order valence-corrected chi connectivity index (χ0v) is 25.4. The van der Waals surface area contributed by atoms with Crippen molar-refractivity contribution in [2.45, 2.75) is 41.5 Å². The van der Waals surface area contributed by atoms with Crippen molar-refractivity contribution in [2.75, 3.05) is 20.3 Å². The van der Waals surface area contributed by atoms with Crippen molar-refractivity contribution >= 4 is 40.2 Å². The van der Waals surface area contributed by atoms with Crippen LogP contribution in [0.1, 0.15) is 57.1 Å². The first-order valence-corrected chi connectivity index (χ1v) is 13.1. The molecular weight excluding hydrogens is 605 g/mol. The highest BCUT2D eigenvalue weighted by atomic mass is 127.